The van der Waals surface area contributed by atoms with Crippen LogP contribution in [0, 0.1) is 0 Å². The number of hydrogen-bond donors (Lipinski definition) is 0. The van der Waals surface area contributed by atoms with Crippen molar-refractivity contribution in [1.82, 2.24) is 0 Å². The van der Waals surface area contributed by atoms with Crippen LogP contribution in [0.25, 0.3) is 0 Å². The molecular formula is C16H22ClNO2. The summed E-state index contributed by atoms with van der Waals surface area (Å²) >= 11 is 5.96. The topological polar surface area (TPSA) is 29.5 Å². The van der Waals surface area contributed by atoms with Crippen LogP contribution in [0.15, 0.2) is 36.9 Å². The first-order chi connectivity index (χ1) is 9.61. The Labute approximate surface area is 126 Å². The molecule has 3 nitrogen and oxygen atoms in total. The van der Waals surface area contributed by atoms with Gasteiger partial charge in [-0.2, -0.15) is 0 Å². The molecule has 1 unspecified atom stereocenters. The molecule has 0 N–H and O–H groups in total. The number of rotatable bonds is 8. The Morgan fingerprint density at radius 3 is 2.80 bits per heavy atom. The quantitative estimate of drug-likeness (QED) is 0.418. The van der Waals surface area contributed by atoms with E-state index < -0.39 is 5.38 Å². The molecule has 1 amide bonds. The lowest BCUT2D eigenvalue weighted by molar-refractivity contribution is -0.118. The second-order valence-electron chi connectivity index (χ2n) is 4.42. The third-order valence-corrected chi connectivity index (χ3v) is 3.10. The van der Waals surface area contributed by atoms with Gasteiger partial charge in [0.1, 0.15) is 5.38 Å². The first-order valence-electron chi connectivity index (χ1n) is 6.83. The molecule has 0 aliphatic heterocycles. The molecule has 1 aromatic rings. The van der Waals surface area contributed by atoms with E-state index in [1.807, 2.05) is 37.3 Å². The Balaban J connectivity index is 3.02. The molecule has 1 aromatic carbocycles. The van der Waals surface area contributed by atoms with Crippen LogP contribution in [0.1, 0.15) is 19.4 Å². The predicted molar refractivity (Wildman–Crippen MR) is 84.5 cm³/mol. The van der Waals surface area contributed by atoms with Crippen molar-refractivity contribution in [2.75, 3.05) is 24.7 Å². The lowest BCUT2D eigenvalue weighted by Crippen LogP contribution is -2.38. The van der Waals surface area contributed by atoms with Crippen molar-refractivity contribution in [2.45, 2.75) is 25.6 Å². The summed E-state index contributed by atoms with van der Waals surface area (Å²) in [7, 11) is 0. The van der Waals surface area contributed by atoms with Crippen LogP contribution in [-0.4, -0.2) is 31.0 Å². The Kier molecular flexibility index (Phi) is 7.34. The molecule has 1 atom stereocenters. The number of alkyl halides is 1. The molecule has 1 rings (SSSR count). The monoisotopic (exact) mass is 295 g/mol. The molecule has 0 heterocycles. The molecule has 0 aliphatic rings. The highest BCUT2D eigenvalue weighted by atomic mass is 35.5. The molecule has 0 fully saturated rings. The van der Waals surface area contributed by atoms with E-state index in [4.69, 9.17) is 16.3 Å². The summed E-state index contributed by atoms with van der Waals surface area (Å²) in [5, 5.41) is -0.562. The minimum Gasteiger partial charge on any atom is -0.380 e. The Bertz CT molecular complexity index is 446. The zero-order chi connectivity index (χ0) is 15.0. The maximum atomic E-state index is 12.3. The lowest BCUT2D eigenvalue weighted by Gasteiger charge is -2.26. The maximum Gasteiger partial charge on any atom is 0.244 e. The van der Waals surface area contributed by atoms with Crippen LogP contribution in [0.2, 0.25) is 0 Å². The number of carbonyl (C=O) groups is 1. The van der Waals surface area contributed by atoms with E-state index in [9.17, 15) is 4.79 Å². The van der Waals surface area contributed by atoms with Crippen molar-refractivity contribution < 1.29 is 9.53 Å². The van der Waals surface area contributed by atoms with E-state index in [0.717, 1.165) is 11.3 Å². The highest BCUT2D eigenvalue weighted by molar-refractivity contribution is 6.32. The number of nitrogens with zero attached hydrogens (tertiary/aromatic N) is 1. The van der Waals surface area contributed by atoms with E-state index in [1.54, 1.807) is 11.8 Å². The molecule has 0 bridgehead atoms. The average molecular weight is 296 g/mol. The van der Waals surface area contributed by atoms with Crippen molar-refractivity contribution in [3.05, 3.63) is 42.5 Å². The van der Waals surface area contributed by atoms with Crippen LogP contribution in [0.5, 0.6) is 0 Å². The minimum absolute atomic E-state index is 0.108. The van der Waals surface area contributed by atoms with Crippen molar-refractivity contribution in [3.8, 4) is 0 Å². The normalized spacial score (nSPS) is 11.9. The van der Waals surface area contributed by atoms with Crippen molar-refractivity contribution in [2.24, 2.45) is 0 Å². The number of hydrogen-bond acceptors (Lipinski definition) is 2. The first-order valence-corrected chi connectivity index (χ1v) is 7.27. The van der Waals surface area contributed by atoms with Gasteiger partial charge in [0.15, 0.2) is 0 Å². The Morgan fingerprint density at radius 1 is 1.50 bits per heavy atom. The van der Waals surface area contributed by atoms with Crippen LogP contribution < -0.4 is 4.90 Å². The van der Waals surface area contributed by atoms with Crippen LogP contribution in [0.3, 0.4) is 0 Å². The number of halogens is 1. The van der Waals surface area contributed by atoms with Crippen LogP contribution in [0.4, 0.5) is 5.69 Å². The van der Waals surface area contributed by atoms with Gasteiger partial charge in [-0.3, -0.25) is 4.79 Å². The summed E-state index contributed by atoms with van der Waals surface area (Å²) in [6.45, 7) is 9.00. The Morgan fingerprint density at radius 2 is 2.20 bits per heavy atom. The summed E-state index contributed by atoms with van der Waals surface area (Å²) in [5.74, 6) is -0.108. The molecular weight excluding hydrogens is 274 g/mol. The molecule has 0 saturated heterocycles. The fourth-order valence-corrected chi connectivity index (χ4v) is 2.08. The molecule has 0 radical (unpaired) electrons. The zero-order valence-electron chi connectivity index (χ0n) is 12.1. The third-order valence-electron chi connectivity index (χ3n) is 2.92. The molecule has 20 heavy (non-hydrogen) atoms. The number of carbonyl (C=O) groups excluding carboxylic acids is 1. The van der Waals surface area contributed by atoms with E-state index >= 15 is 0 Å². The van der Waals surface area contributed by atoms with Gasteiger partial charge in [-0.1, -0.05) is 24.3 Å². The molecule has 0 aromatic heterocycles. The van der Waals surface area contributed by atoms with Gasteiger partial charge in [0, 0.05) is 18.8 Å². The van der Waals surface area contributed by atoms with Gasteiger partial charge in [0.25, 0.3) is 0 Å². The molecule has 110 valence electrons. The highest BCUT2D eigenvalue weighted by Gasteiger charge is 2.21. The number of allylic oxidation sites excluding steroid dienone is 1. The standard InChI is InChI=1S/C16H22ClNO2/c1-4-8-14-9-6-7-10-15(14)18(11-12-20-5-2)16(19)13(3)17/h4,6-7,9-10,13H,1,5,8,11-12H2,2-3H3. The van der Waals surface area contributed by atoms with Crippen molar-refractivity contribution in [1.29, 1.82) is 0 Å². The third kappa shape index (κ3) is 4.66. The summed E-state index contributed by atoms with van der Waals surface area (Å²) in [6, 6.07) is 7.80. The van der Waals surface area contributed by atoms with Gasteiger partial charge in [-0.25, -0.2) is 0 Å². The molecule has 0 spiro atoms. The summed E-state index contributed by atoms with van der Waals surface area (Å²) in [5.41, 5.74) is 1.94. The van der Waals surface area contributed by atoms with Crippen molar-refractivity contribution >= 4 is 23.2 Å². The largest absolute Gasteiger partial charge is 0.380 e. The minimum atomic E-state index is -0.562. The predicted octanol–water partition coefficient (Wildman–Crippen LogP) is 3.41. The zero-order valence-corrected chi connectivity index (χ0v) is 12.9. The van der Waals surface area contributed by atoms with Gasteiger partial charge >= 0.3 is 0 Å². The number of benzene rings is 1. The first kappa shape index (κ1) is 16.7. The number of para-hydroxylation sites is 1. The van der Waals surface area contributed by atoms with Gasteiger partial charge in [0.05, 0.1) is 6.61 Å². The lowest BCUT2D eigenvalue weighted by atomic mass is 10.1. The number of amides is 1. The molecule has 4 heteroatoms. The Hall–Kier alpha value is -1.32. The number of ether oxygens (including phenoxy) is 1. The fourth-order valence-electron chi connectivity index (χ4n) is 1.97. The SMILES string of the molecule is C=CCc1ccccc1N(CCOCC)C(=O)C(C)Cl. The van der Waals surface area contributed by atoms with Crippen LogP contribution >= 0.6 is 11.6 Å². The van der Waals surface area contributed by atoms with Gasteiger partial charge in [-0.15, -0.1) is 18.2 Å². The summed E-state index contributed by atoms with van der Waals surface area (Å²) < 4.78 is 5.36. The average Bonchev–Trinajstić information content (AvgIpc) is 2.44. The second kappa shape index (κ2) is 8.77. The summed E-state index contributed by atoms with van der Waals surface area (Å²) in [6.07, 6.45) is 2.54. The number of anilines is 1. The second-order valence-corrected chi connectivity index (χ2v) is 5.08. The van der Waals surface area contributed by atoms with Crippen LogP contribution in [-0.2, 0) is 16.0 Å². The molecule has 0 aliphatic carbocycles. The maximum absolute atomic E-state index is 12.3. The van der Waals surface area contributed by atoms with Gasteiger partial charge < -0.3 is 9.64 Å². The van der Waals surface area contributed by atoms with E-state index in [0.29, 0.717) is 26.2 Å². The summed E-state index contributed by atoms with van der Waals surface area (Å²) in [4.78, 5) is 14.0. The van der Waals surface area contributed by atoms with Crippen molar-refractivity contribution in [3.63, 3.8) is 0 Å². The highest BCUT2D eigenvalue weighted by Crippen LogP contribution is 2.22. The van der Waals surface area contributed by atoms with E-state index in [2.05, 4.69) is 6.58 Å². The van der Waals surface area contributed by atoms with Gasteiger partial charge in [-0.05, 0) is 31.9 Å². The van der Waals surface area contributed by atoms with E-state index in [-0.39, 0.29) is 5.91 Å². The van der Waals surface area contributed by atoms with E-state index in [1.165, 1.54) is 0 Å². The smallest absolute Gasteiger partial charge is 0.244 e. The fraction of sp³-hybridized carbons (Fsp3) is 0.438. The molecule has 0 saturated carbocycles. The van der Waals surface area contributed by atoms with Gasteiger partial charge in [0.2, 0.25) is 5.91 Å².